The summed E-state index contributed by atoms with van der Waals surface area (Å²) in [6.07, 6.45) is 0. The Morgan fingerprint density at radius 1 is 1.39 bits per heavy atom. The number of carbonyl (C=O) groups excluding carboxylic acids is 1. The molecule has 2 heterocycles. The molecule has 2 aliphatic rings. The van der Waals surface area contributed by atoms with Gasteiger partial charge in [-0.2, -0.15) is 0 Å². The van der Waals surface area contributed by atoms with Gasteiger partial charge in [-0.15, -0.1) is 0 Å². The molecular weight excluding hydrogens is 308 g/mol. The van der Waals surface area contributed by atoms with Crippen LogP contribution in [0.5, 0.6) is 0 Å². The van der Waals surface area contributed by atoms with Gasteiger partial charge in [0.15, 0.2) is 5.17 Å². The topological polar surface area (TPSA) is 41.9 Å². The summed E-state index contributed by atoms with van der Waals surface area (Å²) in [6, 6.07) is 6.31. The zero-order chi connectivity index (χ0) is 16.6. The van der Waals surface area contributed by atoms with Crippen LogP contribution in [0.1, 0.15) is 36.6 Å². The molecule has 0 spiro atoms. The number of thioether (sulfide) groups is 1. The number of rotatable bonds is 3. The first-order valence-corrected chi connectivity index (χ1v) is 8.94. The van der Waals surface area contributed by atoms with Gasteiger partial charge in [0.05, 0.1) is 23.9 Å². The lowest BCUT2D eigenvalue weighted by atomic mass is 9.91. The number of nitrogens with zero attached hydrogens (tertiary/aromatic N) is 2. The number of esters is 1. The highest BCUT2D eigenvalue weighted by atomic mass is 32.2. The van der Waals surface area contributed by atoms with Crippen LogP contribution in [0.25, 0.3) is 0 Å². The van der Waals surface area contributed by atoms with Crippen LogP contribution < -0.4 is 0 Å². The molecule has 2 aliphatic heterocycles. The Hall–Kier alpha value is -1.75. The van der Waals surface area contributed by atoms with Crippen molar-refractivity contribution >= 4 is 22.9 Å². The van der Waals surface area contributed by atoms with Gasteiger partial charge in [-0.3, -0.25) is 0 Å². The van der Waals surface area contributed by atoms with E-state index in [0.29, 0.717) is 12.2 Å². The van der Waals surface area contributed by atoms with E-state index in [2.05, 4.69) is 41.9 Å². The average molecular weight is 330 g/mol. The monoisotopic (exact) mass is 330 g/mol. The van der Waals surface area contributed by atoms with Gasteiger partial charge >= 0.3 is 5.97 Å². The molecule has 0 aromatic heterocycles. The standard InChI is InChI=1S/C18H22N2O2S/c1-5-22-17(21)15-13(4)19-18-20(8-9-23-18)16(15)14-7-6-11(2)10-12(14)3/h6-7,10,16H,5,8-9H2,1-4H3/t16-/m1/s1. The molecule has 1 atom stereocenters. The smallest absolute Gasteiger partial charge is 0.338 e. The number of carbonyl (C=O) groups is 1. The molecular formula is C18H22N2O2S. The molecule has 0 N–H and O–H groups in total. The Morgan fingerprint density at radius 2 is 2.17 bits per heavy atom. The lowest BCUT2D eigenvalue weighted by molar-refractivity contribution is -0.139. The van der Waals surface area contributed by atoms with Crippen molar-refractivity contribution in [3.05, 3.63) is 46.2 Å². The summed E-state index contributed by atoms with van der Waals surface area (Å²) in [5.41, 5.74) is 5.03. The predicted molar refractivity (Wildman–Crippen MR) is 94.6 cm³/mol. The minimum atomic E-state index is -0.255. The molecule has 0 unspecified atom stereocenters. The van der Waals surface area contributed by atoms with Gasteiger partial charge in [0, 0.05) is 12.3 Å². The second-order valence-electron chi connectivity index (χ2n) is 5.92. The number of aliphatic imine (C=N–C) groups is 1. The molecule has 1 fully saturated rings. The maximum atomic E-state index is 12.6. The van der Waals surface area contributed by atoms with Gasteiger partial charge in [0.1, 0.15) is 0 Å². The highest BCUT2D eigenvalue weighted by Crippen LogP contribution is 2.41. The van der Waals surface area contributed by atoms with Crippen molar-refractivity contribution in [3.8, 4) is 0 Å². The Bertz CT molecular complexity index is 709. The van der Waals surface area contributed by atoms with Gasteiger partial charge in [-0.1, -0.05) is 35.5 Å². The Kier molecular flexibility index (Phi) is 4.48. The Morgan fingerprint density at radius 3 is 2.87 bits per heavy atom. The number of aryl methyl sites for hydroxylation is 2. The molecule has 23 heavy (non-hydrogen) atoms. The fraction of sp³-hybridized carbons (Fsp3) is 0.444. The van der Waals surface area contributed by atoms with E-state index >= 15 is 0 Å². The molecule has 1 saturated heterocycles. The minimum absolute atomic E-state index is 0.0999. The van der Waals surface area contributed by atoms with Crippen LogP contribution in [-0.4, -0.2) is 34.9 Å². The number of ether oxygens (including phenoxy) is 1. The fourth-order valence-corrected chi connectivity index (χ4v) is 4.27. The molecule has 0 bridgehead atoms. The first-order chi connectivity index (χ1) is 11.0. The highest BCUT2D eigenvalue weighted by Gasteiger charge is 2.39. The van der Waals surface area contributed by atoms with Gasteiger partial charge in [0.25, 0.3) is 0 Å². The maximum Gasteiger partial charge on any atom is 0.338 e. The third-order valence-electron chi connectivity index (χ3n) is 4.26. The molecule has 3 rings (SSSR count). The van der Waals surface area contributed by atoms with Crippen LogP contribution in [-0.2, 0) is 9.53 Å². The molecule has 0 saturated carbocycles. The third kappa shape index (κ3) is 2.90. The summed E-state index contributed by atoms with van der Waals surface area (Å²) in [5, 5.41) is 1.01. The van der Waals surface area contributed by atoms with Crippen LogP contribution in [0.15, 0.2) is 34.5 Å². The number of fused-ring (bicyclic) bond motifs is 1. The minimum Gasteiger partial charge on any atom is -0.463 e. The molecule has 5 heteroatoms. The summed E-state index contributed by atoms with van der Waals surface area (Å²) >= 11 is 1.75. The van der Waals surface area contributed by atoms with E-state index < -0.39 is 0 Å². The summed E-state index contributed by atoms with van der Waals surface area (Å²) in [4.78, 5) is 19.5. The summed E-state index contributed by atoms with van der Waals surface area (Å²) in [5.74, 6) is 0.749. The molecule has 1 aromatic carbocycles. The van der Waals surface area contributed by atoms with Crippen molar-refractivity contribution in [2.75, 3.05) is 18.9 Å². The fourth-order valence-electron chi connectivity index (χ4n) is 3.23. The van der Waals surface area contributed by atoms with E-state index in [-0.39, 0.29) is 12.0 Å². The van der Waals surface area contributed by atoms with Gasteiger partial charge < -0.3 is 9.64 Å². The molecule has 0 aliphatic carbocycles. The van der Waals surface area contributed by atoms with Crippen molar-refractivity contribution in [2.45, 2.75) is 33.7 Å². The lowest BCUT2D eigenvalue weighted by Gasteiger charge is -2.35. The lowest BCUT2D eigenvalue weighted by Crippen LogP contribution is -2.37. The van der Waals surface area contributed by atoms with Gasteiger partial charge in [-0.05, 0) is 38.8 Å². The quantitative estimate of drug-likeness (QED) is 0.794. The van der Waals surface area contributed by atoms with E-state index in [0.717, 1.165) is 28.7 Å². The number of amidine groups is 1. The predicted octanol–water partition coefficient (Wildman–Crippen LogP) is 3.60. The zero-order valence-electron chi connectivity index (χ0n) is 14.0. The average Bonchev–Trinajstić information content (AvgIpc) is 2.94. The van der Waals surface area contributed by atoms with Crippen molar-refractivity contribution in [1.29, 1.82) is 0 Å². The number of hydrogen-bond donors (Lipinski definition) is 0. The van der Waals surface area contributed by atoms with Crippen LogP contribution in [0.4, 0.5) is 0 Å². The molecule has 0 radical (unpaired) electrons. The van der Waals surface area contributed by atoms with E-state index in [9.17, 15) is 4.79 Å². The highest BCUT2D eigenvalue weighted by molar-refractivity contribution is 8.14. The van der Waals surface area contributed by atoms with Crippen molar-refractivity contribution in [2.24, 2.45) is 4.99 Å². The Balaban J connectivity index is 2.13. The largest absolute Gasteiger partial charge is 0.463 e. The summed E-state index contributed by atoms with van der Waals surface area (Å²) < 4.78 is 5.32. The first-order valence-electron chi connectivity index (χ1n) is 7.96. The zero-order valence-corrected chi connectivity index (χ0v) is 14.9. The molecule has 4 nitrogen and oxygen atoms in total. The van der Waals surface area contributed by atoms with Crippen LogP contribution >= 0.6 is 11.8 Å². The second-order valence-corrected chi connectivity index (χ2v) is 6.98. The Labute approximate surface area is 141 Å². The molecule has 122 valence electrons. The van der Waals surface area contributed by atoms with Crippen LogP contribution in [0.3, 0.4) is 0 Å². The van der Waals surface area contributed by atoms with Crippen molar-refractivity contribution < 1.29 is 9.53 Å². The van der Waals surface area contributed by atoms with E-state index in [1.165, 1.54) is 11.1 Å². The summed E-state index contributed by atoms with van der Waals surface area (Å²) in [6.45, 7) is 9.21. The van der Waals surface area contributed by atoms with E-state index in [1.54, 1.807) is 11.8 Å². The van der Waals surface area contributed by atoms with Crippen LogP contribution in [0.2, 0.25) is 0 Å². The van der Waals surface area contributed by atoms with Crippen LogP contribution in [0, 0.1) is 13.8 Å². The number of hydrogen-bond acceptors (Lipinski definition) is 5. The van der Waals surface area contributed by atoms with E-state index in [4.69, 9.17) is 4.74 Å². The molecule has 1 aromatic rings. The third-order valence-corrected chi connectivity index (χ3v) is 5.23. The summed E-state index contributed by atoms with van der Waals surface area (Å²) in [7, 11) is 0. The van der Waals surface area contributed by atoms with Gasteiger partial charge in [0.2, 0.25) is 0 Å². The maximum absolute atomic E-state index is 12.6. The normalized spacial score (nSPS) is 20.4. The van der Waals surface area contributed by atoms with Crippen molar-refractivity contribution in [1.82, 2.24) is 4.90 Å². The van der Waals surface area contributed by atoms with Crippen molar-refractivity contribution in [3.63, 3.8) is 0 Å². The number of allylic oxidation sites excluding steroid dienone is 1. The molecule has 0 amide bonds. The first kappa shape index (κ1) is 16.1. The number of benzene rings is 1. The second kappa shape index (κ2) is 6.40. The van der Waals surface area contributed by atoms with E-state index in [1.807, 2.05) is 13.8 Å². The van der Waals surface area contributed by atoms with Gasteiger partial charge in [-0.25, -0.2) is 9.79 Å². The SMILES string of the molecule is CCOC(=O)C1=C(C)N=C2SCCN2[C@@H]1c1ccc(C)cc1C.